The van der Waals surface area contributed by atoms with Crippen molar-refractivity contribution in [1.82, 2.24) is 4.98 Å². The van der Waals surface area contributed by atoms with Crippen molar-refractivity contribution in [1.29, 1.82) is 0 Å². The molecule has 1 saturated heterocycles. The summed E-state index contributed by atoms with van der Waals surface area (Å²) in [6.07, 6.45) is 1.62. The summed E-state index contributed by atoms with van der Waals surface area (Å²) in [6, 6.07) is 10.2. The number of aromatic nitrogens is 1. The fourth-order valence-corrected chi connectivity index (χ4v) is 7.48. The molecule has 10 heteroatoms. The highest BCUT2D eigenvalue weighted by Gasteiger charge is 2.33. The first-order chi connectivity index (χ1) is 14.8. The topological polar surface area (TPSA) is 50.3 Å². The first-order valence-corrected chi connectivity index (χ1v) is 13.5. The Morgan fingerprint density at radius 1 is 1.03 bits per heavy atom. The highest BCUT2D eigenvalue weighted by molar-refractivity contribution is 7.92. The van der Waals surface area contributed by atoms with Crippen LogP contribution in [0.2, 0.25) is 20.1 Å². The normalized spacial score (nSPS) is 15.4. The predicted molar refractivity (Wildman–Crippen MR) is 130 cm³/mol. The van der Waals surface area contributed by atoms with E-state index < -0.39 is 15.1 Å². The molecular weight excluding hydrogens is 518 g/mol. The Labute approximate surface area is 205 Å². The molecule has 164 valence electrons. The van der Waals surface area contributed by atoms with Gasteiger partial charge in [0.25, 0.3) is 0 Å². The minimum Gasteiger partial charge on any atom is -0.348 e. The largest absolute Gasteiger partial charge is 0.348 e. The van der Waals surface area contributed by atoms with E-state index in [1.807, 2.05) is 17.5 Å². The second kappa shape index (κ2) is 9.46. The Morgan fingerprint density at radius 2 is 1.77 bits per heavy atom. The van der Waals surface area contributed by atoms with Gasteiger partial charge in [-0.1, -0.05) is 58.5 Å². The van der Waals surface area contributed by atoms with Gasteiger partial charge < -0.3 is 4.90 Å². The Hall–Kier alpha value is -1.02. The van der Waals surface area contributed by atoms with Crippen LogP contribution in [-0.2, 0) is 16.3 Å². The average Bonchev–Trinajstić information content (AvgIpc) is 3.21. The maximum atomic E-state index is 13.1. The first-order valence-electron chi connectivity index (χ1n) is 9.57. The van der Waals surface area contributed by atoms with E-state index in [0.717, 1.165) is 16.4 Å². The minimum atomic E-state index is -3.55. The predicted octanol–water partition coefficient (Wildman–Crippen LogP) is 6.79. The summed E-state index contributed by atoms with van der Waals surface area (Å²) in [7, 11) is -3.55. The number of piperidine rings is 1. The average molecular weight is 536 g/mol. The van der Waals surface area contributed by atoms with E-state index in [4.69, 9.17) is 51.4 Å². The molecule has 0 bridgehead atoms. The molecule has 0 spiro atoms. The van der Waals surface area contributed by atoms with Crippen molar-refractivity contribution in [2.24, 2.45) is 0 Å². The van der Waals surface area contributed by atoms with Gasteiger partial charge in [-0.25, -0.2) is 13.4 Å². The van der Waals surface area contributed by atoms with Gasteiger partial charge in [0.2, 0.25) is 0 Å². The molecule has 2 heterocycles. The molecule has 1 aliphatic rings. The number of sulfone groups is 1. The standard InChI is InChI=1S/C21H18Cl4N2O2S2/c22-14-5-4-13(18(24)11-14)10-15-12-30-21(26-15)27-8-6-16(7-9-27)31(28,29)19-3-1-2-17(23)20(19)25/h1-5,11-12,16H,6-10H2. The lowest BCUT2D eigenvalue weighted by molar-refractivity contribution is 0.529. The van der Waals surface area contributed by atoms with Crippen LogP contribution < -0.4 is 4.90 Å². The summed E-state index contributed by atoms with van der Waals surface area (Å²) < 4.78 is 26.1. The van der Waals surface area contributed by atoms with Crippen LogP contribution in [0.5, 0.6) is 0 Å². The van der Waals surface area contributed by atoms with Gasteiger partial charge in [0.1, 0.15) is 0 Å². The molecule has 0 amide bonds. The van der Waals surface area contributed by atoms with E-state index >= 15 is 0 Å². The van der Waals surface area contributed by atoms with Crippen molar-refractivity contribution >= 4 is 72.7 Å². The molecule has 4 nitrogen and oxygen atoms in total. The quantitative estimate of drug-likeness (QED) is 0.361. The van der Waals surface area contributed by atoms with Gasteiger partial charge >= 0.3 is 0 Å². The molecule has 0 aliphatic carbocycles. The van der Waals surface area contributed by atoms with Gasteiger partial charge in [-0.15, -0.1) is 11.3 Å². The molecule has 4 rings (SSSR count). The lowest BCUT2D eigenvalue weighted by Crippen LogP contribution is -2.39. The molecule has 0 unspecified atom stereocenters. The molecule has 0 radical (unpaired) electrons. The van der Waals surface area contributed by atoms with Crippen molar-refractivity contribution < 1.29 is 8.42 Å². The van der Waals surface area contributed by atoms with E-state index in [-0.39, 0.29) is 14.9 Å². The van der Waals surface area contributed by atoms with Gasteiger partial charge in [-0.05, 0) is 42.7 Å². The summed E-state index contributed by atoms with van der Waals surface area (Å²) in [5.41, 5.74) is 1.88. The van der Waals surface area contributed by atoms with Crippen molar-refractivity contribution in [2.75, 3.05) is 18.0 Å². The van der Waals surface area contributed by atoms with Crippen LogP contribution in [0.15, 0.2) is 46.7 Å². The molecular formula is C21H18Cl4N2O2S2. The van der Waals surface area contributed by atoms with Crippen molar-refractivity contribution in [3.63, 3.8) is 0 Å². The van der Waals surface area contributed by atoms with Crippen LogP contribution in [0.3, 0.4) is 0 Å². The zero-order valence-electron chi connectivity index (χ0n) is 16.2. The Balaban J connectivity index is 1.43. The maximum absolute atomic E-state index is 13.1. The minimum absolute atomic E-state index is 0.0945. The van der Waals surface area contributed by atoms with E-state index in [1.165, 1.54) is 6.07 Å². The molecule has 31 heavy (non-hydrogen) atoms. The summed E-state index contributed by atoms with van der Waals surface area (Å²) >= 11 is 26.0. The fraction of sp³-hybridized carbons (Fsp3) is 0.286. The molecule has 1 aromatic heterocycles. The first kappa shape index (κ1) is 23.1. The Kier molecular flexibility index (Phi) is 7.06. The van der Waals surface area contributed by atoms with Crippen LogP contribution in [0.4, 0.5) is 5.13 Å². The van der Waals surface area contributed by atoms with E-state index in [1.54, 1.807) is 29.5 Å². The summed E-state index contributed by atoms with van der Waals surface area (Å²) in [4.78, 5) is 6.96. The molecule has 2 aromatic carbocycles. The van der Waals surface area contributed by atoms with Crippen LogP contribution in [0, 0.1) is 0 Å². The van der Waals surface area contributed by atoms with Gasteiger partial charge in [0.15, 0.2) is 15.0 Å². The third-order valence-corrected chi connectivity index (χ3v) is 10.1. The number of hydrogen-bond acceptors (Lipinski definition) is 5. The van der Waals surface area contributed by atoms with Gasteiger partial charge in [-0.3, -0.25) is 0 Å². The second-order valence-electron chi connectivity index (χ2n) is 7.32. The van der Waals surface area contributed by atoms with Crippen molar-refractivity contribution in [3.8, 4) is 0 Å². The highest BCUT2D eigenvalue weighted by atomic mass is 35.5. The van der Waals surface area contributed by atoms with E-state index in [0.29, 0.717) is 42.4 Å². The monoisotopic (exact) mass is 534 g/mol. The Bertz CT molecular complexity index is 1210. The van der Waals surface area contributed by atoms with Crippen LogP contribution >= 0.6 is 57.7 Å². The number of halogens is 4. The van der Waals surface area contributed by atoms with Crippen LogP contribution in [0.25, 0.3) is 0 Å². The van der Waals surface area contributed by atoms with Gasteiger partial charge in [0, 0.05) is 34.9 Å². The summed E-state index contributed by atoms with van der Waals surface area (Å²) in [5.74, 6) is 0. The molecule has 0 saturated carbocycles. The second-order valence-corrected chi connectivity index (χ2v) is 12.0. The third-order valence-electron chi connectivity index (χ3n) is 5.30. The number of nitrogens with zero attached hydrogens (tertiary/aromatic N) is 2. The number of thiazole rings is 1. The van der Waals surface area contributed by atoms with Crippen LogP contribution in [-0.4, -0.2) is 31.7 Å². The van der Waals surface area contributed by atoms with E-state index in [9.17, 15) is 8.42 Å². The molecule has 3 aromatic rings. The smallest absolute Gasteiger partial charge is 0.185 e. The number of anilines is 1. The zero-order chi connectivity index (χ0) is 22.2. The fourth-order valence-electron chi connectivity index (χ4n) is 3.62. The lowest BCUT2D eigenvalue weighted by atomic mass is 10.1. The van der Waals surface area contributed by atoms with Crippen LogP contribution in [0.1, 0.15) is 24.1 Å². The number of rotatable bonds is 5. The number of benzene rings is 2. The zero-order valence-corrected chi connectivity index (χ0v) is 20.9. The maximum Gasteiger partial charge on any atom is 0.185 e. The van der Waals surface area contributed by atoms with Crippen molar-refractivity contribution in [2.45, 2.75) is 29.4 Å². The molecule has 0 atom stereocenters. The summed E-state index contributed by atoms with van der Waals surface area (Å²) in [6.45, 7) is 1.22. The number of hydrogen-bond donors (Lipinski definition) is 0. The van der Waals surface area contributed by atoms with Gasteiger partial charge in [-0.2, -0.15) is 0 Å². The van der Waals surface area contributed by atoms with E-state index in [2.05, 4.69) is 4.90 Å². The molecule has 1 aliphatic heterocycles. The SMILES string of the molecule is O=S(=O)(c1cccc(Cl)c1Cl)C1CCN(c2nc(Cc3ccc(Cl)cc3Cl)cs2)CC1. The van der Waals surface area contributed by atoms with Crippen molar-refractivity contribution in [3.05, 3.63) is 73.1 Å². The molecule has 0 N–H and O–H groups in total. The van der Waals surface area contributed by atoms with Gasteiger partial charge in [0.05, 0.1) is 25.9 Å². The third kappa shape index (κ3) is 5.00. The molecule has 1 fully saturated rings. The summed E-state index contributed by atoms with van der Waals surface area (Å²) in [5, 5.41) is 3.96. The highest BCUT2D eigenvalue weighted by Crippen LogP contribution is 2.35. The lowest BCUT2D eigenvalue weighted by Gasteiger charge is -2.31. The Morgan fingerprint density at radius 3 is 2.48 bits per heavy atom.